The molecule has 0 unspecified atom stereocenters. The van der Waals surface area contributed by atoms with Gasteiger partial charge in [-0.3, -0.25) is 0 Å². The summed E-state index contributed by atoms with van der Waals surface area (Å²) in [6.45, 7) is 3.16. The highest BCUT2D eigenvalue weighted by Gasteiger charge is 2.36. The van der Waals surface area contributed by atoms with Gasteiger partial charge in [0.25, 0.3) is 0 Å². The van der Waals surface area contributed by atoms with Gasteiger partial charge in [-0.1, -0.05) is 135 Å². The van der Waals surface area contributed by atoms with E-state index in [9.17, 15) is 9.60 Å². The Morgan fingerprint density at radius 1 is 0.490 bits per heavy atom. The predicted octanol–water partition coefficient (Wildman–Crippen LogP) is 13.7. The SMILES string of the molecule is [2H]c1c([2H])c([2H])c(-c2c([2H])c([2H])c3c(c2[2H])-c2c([2H])c(N(c4ccc5c(c4)Oc4ccc(-c6c([2H])c([2H])c([2H])c([2H])c6[2H])c6cccc-5c46)c4c([2H])c([2H])c([2H])c([2H])c4[2H])c([2H])c([2H])c2C3(C)C)c([2H])c1[2H]. The molecule has 0 bridgehead atoms. The molecule has 0 fully saturated rings. The van der Waals surface area contributed by atoms with Crippen LogP contribution in [0, 0.1) is 0 Å². The highest BCUT2D eigenvalue weighted by molar-refractivity contribution is 6.10. The molecule has 8 aromatic rings. The Balaban J connectivity index is 1.25. The fourth-order valence-corrected chi connectivity index (χ4v) is 6.94. The van der Waals surface area contributed by atoms with Crippen molar-refractivity contribution in [3.63, 3.8) is 0 Å². The average molecular weight is 675 g/mol. The van der Waals surface area contributed by atoms with Gasteiger partial charge in [0.2, 0.25) is 0 Å². The Kier molecular flexibility index (Phi) is 3.39. The smallest absolute Gasteiger partial charge is 0.137 e. The molecule has 1 heterocycles. The van der Waals surface area contributed by atoms with Crippen LogP contribution < -0.4 is 9.64 Å². The second-order valence-corrected chi connectivity index (χ2v) is 12.5. The summed E-state index contributed by atoms with van der Waals surface area (Å²) >= 11 is 0. The Morgan fingerprint density at radius 3 is 1.92 bits per heavy atom. The van der Waals surface area contributed by atoms with Crippen LogP contribution in [0.3, 0.4) is 0 Å². The molecule has 10 rings (SSSR count). The third-order valence-electron chi connectivity index (χ3n) is 9.30. The van der Waals surface area contributed by atoms with Crippen molar-refractivity contribution in [3.8, 4) is 56.0 Å². The number of hydrogen-bond acceptors (Lipinski definition) is 2. The molecule has 0 amide bonds. The minimum absolute atomic E-state index is 0.0127. The van der Waals surface area contributed by atoms with Crippen molar-refractivity contribution < 1.29 is 33.5 Å². The van der Waals surface area contributed by atoms with Crippen molar-refractivity contribution in [3.05, 3.63) is 187 Å². The Hall–Kier alpha value is -6.38. The second kappa shape index (κ2) is 11.3. The lowest BCUT2D eigenvalue weighted by Gasteiger charge is -2.29. The van der Waals surface area contributed by atoms with Crippen molar-refractivity contribution in [1.82, 2.24) is 0 Å². The van der Waals surface area contributed by atoms with E-state index in [4.69, 9.17) is 23.9 Å². The van der Waals surface area contributed by atoms with Crippen LogP contribution in [0.1, 0.15) is 53.8 Å². The van der Waals surface area contributed by atoms with Crippen molar-refractivity contribution in [1.29, 1.82) is 0 Å². The summed E-state index contributed by atoms with van der Waals surface area (Å²) in [5, 5.41) is 1.03. The standard InChI is InChI=1S/C49H35NO/c1-49(2)44-26-21-34(32-13-6-3-7-14-32)29-42(44)43-30-36(23-27-45(43)49)50(35-17-10-5-11-18-35)37-22-24-39-41-20-12-19-40-38(33-15-8-4-9-16-33)25-28-46(48(40)41)51-47(39)31-37/h3-31H,1-2H3/i3D,4D,5D,6D,7D,8D,9D,10D,11D,13D,14D,15D,16D,17D,18D,21D,23D,26D,27D,29D,30D. The van der Waals surface area contributed by atoms with Gasteiger partial charge < -0.3 is 9.64 Å². The van der Waals surface area contributed by atoms with Gasteiger partial charge in [0, 0.05) is 39.5 Å². The third-order valence-corrected chi connectivity index (χ3v) is 9.30. The zero-order valence-electron chi connectivity index (χ0n) is 48.0. The van der Waals surface area contributed by atoms with Crippen LogP contribution in [-0.2, 0) is 5.41 Å². The normalized spacial score (nSPS) is 19.0. The Bertz CT molecular complexity index is 3760. The first-order chi connectivity index (χ1) is 33.8. The molecule has 242 valence electrons. The van der Waals surface area contributed by atoms with Crippen molar-refractivity contribution in [2.75, 3.05) is 4.90 Å². The molecule has 2 nitrogen and oxygen atoms in total. The molecule has 0 spiro atoms. The van der Waals surface area contributed by atoms with Gasteiger partial charge in [0.05, 0.1) is 28.8 Å². The molecular formula is C49H35NO. The molecule has 1 aliphatic carbocycles. The lowest BCUT2D eigenvalue weighted by Crippen LogP contribution is -2.15. The fourth-order valence-electron chi connectivity index (χ4n) is 6.94. The van der Waals surface area contributed by atoms with Gasteiger partial charge in [-0.15, -0.1) is 0 Å². The van der Waals surface area contributed by atoms with Gasteiger partial charge in [-0.25, -0.2) is 0 Å². The first kappa shape index (κ1) is 15.2. The van der Waals surface area contributed by atoms with E-state index in [1.54, 1.807) is 50.2 Å². The third kappa shape index (κ3) is 4.64. The van der Waals surface area contributed by atoms with E-state index < -0.39 is 155 Å². The first-order valence-corrected chi connectivity index (χ1v) is 16.0. The lowest BCUT2D eigenvalue weighted by atomic mass is 9.82. The molecule has 0 atom stereocenters. The van der Waals surface area contributed by atoms with Crippen LogP contribution in [0.15, 0.2) is 175 Å². The topological polar surface area (TPSA) is 12.5 Å². The minimum Gasteiger partial charge on any atom is -0.456 e. The summed E-state index contributed by atoms with van der Waals surface area (Å²) in [5.41, 5.74) is -2.59. The number of anilines is 3. The molecule has 8 aromatic carbocycles. The number of nitrogens with zero attached hydrogens (tertiary/aromatic N) is 1. The summed E-state index contributed by atoms with van der Waals surface area (Å²) in [7, 11) is 0. The van der Waals surface area contributed by atoms with Crippen molar-refractivity contribution in [2.45, 2.75) is 19.3 Å². The first-order valence-electron chi connectivity index (χ1n) is 26.5. The monoisotopic (exact) mass is 674 g/mol. The number of benzene rings is 8. The molecule has 2 heteroatoms. The van der Waals surface area contributed by atoms with Gasteiger partial charge in [-0.05, 0) is 104 Å². The molecule has 0 radical (unpaired) electrons. The van der Waals surface area contributed by atoms with Crippen LogP contribution in [0.2, 0.25) is 0 Å². The summed E-state index contributed by atoms with van der Waals surface area (Å²) in [6, 6.07) is -0.552. The van der Waals surface area contributed by atoms with Gasteiger partial charge >= 0.3 is 0 Å². The summed E-state index contributed by atoms with van der Waals surface area (Å²) in [5.74, 6) is 0.427. The van der Waals surface area contributed by atoms with E-state index in [-0.39, 0.29) is 45.0 Å². The van der Waals surface area contributed by atoms with Crippen LogP contribution in [0.4, 0.5) is 17.1 Å². The highest BCUT2D eigenvalue weighted by Crippen LogP contribution is 2.53. The molecule has 0 N–H and O–H groups in total. The van der Waals surface area contributed by atoms with Crippen molar-refractivity contribution >= 4 is 27.8 Å². The van der Waals surface area contributed by atoms with Gasteiger partial charge in [-0.2, -0.15) is 0 Å². The van der Waals surface area contributed by atoms with Crippen LogP contribution in [-0.4, -0.2) is 0 Å². The largest absolute Gasteiger partial charge is 0.456 e. The van der Waals surface area contributed by atoms with E-state index in [1.807, 2.05) is 0 Å². The molecule has 51 heavy (non-hydrogen) atoms. The highest BCUT2D eigenvalue weighted by atomic mass is 16.5. The minimum atomic E-state index is -1.45. The molecule has 0 aromatic heterocycles. The molecule has 0 saturated carbocycles. The van der Waals surface area contributed by atoms with Crippen LogP contribution in [0.25, 0.3) is 55.3 Å². The van der Waals surface area contributed by atoms with E-state index in [0.29, 0.717) is 27.5 Å². The zero-order valence-corrected chi connectivity index (χ0v) is 27.0. The van der Waals surface area contributed by atoms with E-state index in [0.717, 1.165) is 4.90 Å². The summed E-state index contributed by atoms with van der Waals surface area (Å²) < 4.78 is 193. The summed E-state index contributed by atoms with van der Waals surface area (Å²) in [4.78, 5) is 1.07. The Labute approximate surface area is 328 Å². The Morgan fingerprint density at radius 2 is 1.16 bits per heavy atom. The number of rotatable bonds is 5. The van der Waals surface area contributed by atoms with Gasteiger partial charge in [0.15, 0.2) is 0 Å². The van der Waals surface area contributed by atoms with Crippen LogP contribution >= 0.6 is 0 Å². The summed E-state index contributed by atoms with van der Waals surface area (Å²) in [6.07, 6.45) is 0. The van der Waals surface area contributed by atoms with E-state index in [2.05, 4.69) is 0 Å². The molecule has 0 saturated heterocycles. The molecule has 2 aliphatic rings. The number of hydrogen-bond donors (Lipinski definition) is 0. The fraction of sp³-hybridized carbons (Fsp3) is 0.0612. The van der Waals surface area contributed by atoms with E-state index in [1.165, 1.54) is 12.1 Å². The number of fused-ring (bicyclic) bond motifs is 5. The van der Waals surface area contributed by atoms with Crippen molar-refractivity contribution in [2.24, 2.45) is 0 Å². The maximum Gasteiger partial charge on any atom is 0.137 e. The van der Waals surface area contributed by atoms with Gasteiger partial charge in [0.1, 0.15) is 11.5 Å². The number of para-hydroxylation sites is 1. The number of ether oxygens (including phenoxy) is 1. The maximum absolute atomic E-state index is 10.0. The van der Waals surface area contributed by atoms with E-state index >= 15 is 0 Å². The maximum atomic E-state index is 10.0. The average Bonchev–Trinajstić information content (AvgIpc) is 3.61. The van der Waals surface area contributed by atoms with Crippen LogP contribution in [0.5, 0.6) is 11.5 Å². The second-order valence-electron chi connectivity index (χ2n) is 12.5. The molecule has 1 aliphatic heterocycles. The molecular weight excluding hydrogens is 619 g/mol. The quantitative estimate of drug-likeness (QED) is 0.180. The predicted molar refractivity (Wildman–Crippen MR) is 213 cm³/mol. The lowest BCUT2D eigenvalue weighted by molar-refractivity contribution is 0.487. The zero-order chi connectivity index (χ0) is 52.4.